The first-order valence-electron chi connectivity index (χ1n) is 19.9. The first-order valence-corrected chi connectivity index (χ1v) is 43.8. The van der Waals surface area contributed by atoms with E-state index in [-0.39, 0.29) is 13.4 Å². The third kappa shape index (κ3) is 38.3. The fourth-order valence-electron chi connectivity index (χ4n) is 4.37. The number of hydrogen-bond donors (Lipinski definition) is 0. The summed E-state index contributed by atoms with van der Waals surface area (Å²) in [5, 5.41) is 0. The van der Waals surface area contributed by atoms with Crippen molar-refractivity contribution in [2.24, 2.45) is 0 Å². The molecule has 412 valence electrons. The molecule has 1 aliphatic heterocycles. The molecule has 1 aliphatic rings. The molecule has 0 spiro atoms. The van der Waals surface area contributed by atoms with E-state index in [1.54, 1.807) is 76.0 Å². The molecule has 73 heavy (non-hydrogen) atoms. The van der Waals surface area contributed by atoms with Gasteiger partial charge in [-0.15, -0.1) is 0 Å². The molecule has 0 saturated carbocycles. The summed E-state index contributed by atoms with van der Waals surface area (Å²) < 4.78 is 46.0. The molecule has 0 radical (unpaired) electrons. The van der Waals surface area contributed by atoms with Gasteiger partial charge in [-0.05, 0) is 124 Å². The third-order valence-electron chi connectivity index (χ3n) is 8.21. The molecule has 4 aromatic rings. The van der Waals surface area contributed by atoms with Gasteiger partial charge >= 0.3 is 69.5 Å². The van der Waals surface area contributed by atoms with Crippen LogP contribution >= 0.6 is 221 Å². The Morgan fingerprint density at radius 1 is 0.671 bits per heavy atom. The monoisotopic (exact) mass is 2220 g/mol. The molecule has 0 N–H and O–H groups in total. The van der Waals surface area contributed by atoms with Crippen molar-refractivity contribution in [2.45, 2.75) is 60.1 Å². The molecule has 0 amide bonds. The molecule has 0 bridgehead atoms. The molecule has 0 atom stereocenters. The zero-order chi connectivity index (χ0) is 55.9. The Morgan fingerprint density at radius 3 is 1.37 bits per heavy atom. The van der Waals surface area contributed by atoms with Crippen LogP contribution in [0.3, 0.4) is 0 Å². The SMILES string of the molecule is C.CCOC(=O)/C=C/c1cc(OC)ncc1B1OC(C)(C)C(C)(C)O1.CCOC(=O)/C=C/c1cc(OC)ncc1Br.CI.COc1cc(C=O)c(Br)cn1.COc1ccc(Br)cn1.IC(I)I.ICI.I[I-]I. The summed E-state index contributed by atoms with van der Waals surface area (Å²) in [7, 11) is 5.60. The molecule has 0 unspecified atom stereocenters. The average Bonchev–Trinajstić information content (AvgIpc) is 3.57. The number of hydrogen-bond acceptors (Lipinski definition) is 15. The number of esters is 2. The average molecular weight is 2220 g/mol. The summed E-state index contributed by atoms with van der Waals surface area (Å²) in [6.45, 7) is 12.2. The maximum atomic E-state index is 11.6. The van der Waals surface area contributed by atoms with Gasteiger partial charge in [0.1, 0.15) is -0.0619 Å². The maximum absolute atomic E-state index is 11.6. The van der Waals surface area contributed by atoms with Crippen LogP contribution in [-0.4, -0.2) is 105 Å². The van der Waals surface area contributed by atoms with Crippen LogP contribution in [0, 0.1) is 0 Å². The van der Waals surface area contributed by atoms with Gasteiger partial charge in [-0.1, -0.05) is 143 Å². The predicted molar refractivity (Wildman–Crippen MR) is 372 cm³/mol. The number of ether oxygens (including phenoxy) is 6. The van der Waals surface area contributed by atoms with Gasteiger partial charge in [0.05, 0.1) is 55.3 Å². The van der Waals surface area contributed by atoms with Crippen molar-refractivity contribution < 1.29 is 65.4 Å². The zero-order valence-electron chi connectivity index (χ0n) is 40.7. The molecular formula is C45H58BBr3I9N4O11-. The van der Waals surface area contributed by atoms with E-state index >= 15 is 0 Å². The van der Waals surface area contributed by atoms with E-state index in [0.717, 1.165) is 31.8 Å². The Morgan fingerprint density at radius 2 is 1.01 bits per heavy atom. The van der Waals surface area contributed by atoms with E-state index in [4.69, 9.17) is 37.7 Å². The number of pyridine rings is 4. The fraction of sp³-hybridized carbons (Fsp3) is 0.400. The number of carbonyl (C=O) groups is 3. The van der Waals surface area contributed by atoms with E-state index in [9.17, 15) is 14.4 Å². The fourth-order valence-corrected chi connectivity index (χ4v) is 5.27. The van der Waals surface area contributed by atoms with Crippen LogP contribution in [-0.2, 0) is 28.4 Å². The van der Waals surface area contributed by atoms with E-state index in [1.807, 2.05) is 38.7 Å². The molecule has 4 aromatic heterocycles. The van der Waals surface area contributed by atoms with Crippen molar-refractivity contribution in [1.82, 2.24) is 19.9 Å². The number of aromatic nitrogens is 4. The van der Waals surface area contributed by atoms with Gasteiger partial charge < -0.3 is 37.7 Å². The van der Waals surface area contributed by atoms with E-state index in [0.29, 0.717) is 60.0 Å². The topological polar surface area (TPSA) is 177 Å². The predicted octanol–water partition coefficient (Wildman–Crippen LogP) is 12.8. The first kappa shape index (κ1) is 81.4. The van der Waals surface area contributed by atoms with Gasteiger partial charge in [-0.2, -0.15) is 0 Å². The number of halogens is 12. The van der Waals surface area contributed by atoms with E-state index in [1.165, 1.54) is 42.1 Å². The molecule has 1 fully saturated rings. The van der Waals surface area contributed by atoms with Crippen molar-refractivity contribution in [3.05, 3.63) is 97.4 Å². The Labute approximate surface area is 569 Å². The van der Waals surface area contributed by atoms with Crippen molar-refractivity contribution in [3.63, 3.8) is 0 Å². The van der Waals surface area contributed by atoms with Gasteiger partial charge in [-0.25, -0.2) is 29.5 Å². The number of carbonyl (C=O) groups excluding carboxylic acids is 3. The molecule has 0 aromatic carbocycles. The van der Waals surface area contributed by atoms with E-state index < -0.39 is 24.3 Å². The number of methoxy groups -OCH3 is 4. The van der Waals surface area contributed by atoms with Crippen LogP contribution in [0.4, 0.5) is 0 Å². The normalized spacial score (nSPS) is 12.1. The first-order chi connectivity index (χ1) is 34.0. The van der Waals surface area contributed by atoms with Crippen molar-refractivity contribution in [1.29, 1.82) is 0 Å². The number of rotatable bonds is 12. The van der Waals surface area contributed by atoms with Crippen LogP contribution in [0.2, 0.25) is 0 Å². The summed E-state index contributed by atoms with van der Waals surface area (Å²) >= 11 is 28.7. The number of alkyl halides is 6. The number of aldehydes is 1. The van der Waals surface area contributed by atoms with Crippen molar-refractivity contribution in [3.8, 4) is 23.5 Å². The Kier molecular flexibility index (Phi) is 55.4. The minimum atomic E-state index is -0.574. The summed E-state index contributed by atoms with van der Waals surface area (Å²) in [5.41, 5.74) is 1.89. The Hall–Kier alpha value is 1.88. The summed E-state index contributed by atoms with van der Waals surface area (Å²) in [6.07, 6.45) is 13.3. The Balaban J connectivity index is -0.000000422. The molecule has 5 heterocycles. The van der Waals surface area contributed by atoms with Crippen LogP contribution in [0.15, 0.2) is 80.7 Å². The summed E-state index contributed by atoms with van der Waals surface area (Å²) in [4.78, 5) is 51.1. The van der Waals surface area contributed by atoms with Crippen molar-refractivity contribution in [2.75, 3.05) is 49.0 Å². The third-order valence-corrected chi connectivity index (χ3v) is 10.00. The van der Waals surface area contributed by atoms with Crippen LogP contribution in [0.25, 0.3) is 12.2 Å². The molecule has 0 aliphatic carbocycles. The second-order valence-corrected chi connectivity index (χ2v) is 47.4. The molecule has 5 rings (SSSR count). The van der Waals surface area contributed by atoms with Gasteiger partial charge in [0.15, 0.2) is 6.29 Å². The molecule has 15 nitrogen and oxygen atoms in total. The standard InChI is InChI=1S/C17H24BNO5.C11H12BrNO3.C7H6BrNO2.C6H6BrNO.CHI3.CH2I2.CH3I.CH4.I3/c1-7-22-15(20)9-8-12-10-14(21-6)19-11-13(12)18-23-16(2,3)17(4,5)24-18;1-3-16-11(14)5-4-8-6-10(15-2)13-7-9(8)12;1-11-7-2-5(4-10)6(8)3-9-7;1-9-6-3-2-5(7)4-8-6;2-1(3)4;2-1-3;1-2;;1-3-2/h8-11H,7H2,1-6H3;4-7H,3H2,1-2H3;2-4H,1H3;2-4H,1H3;1H;1H2;1H3;1H4;/q;;;;;;;;-1/b9-8+;5-4+;;;;;;;. The quantitative estimate of drug-likeness (QED) is 0.0327. The molecule has 28 heteroatoms. The van der Waals surface area contributed by atoms with Gasteiger partial charge in [0.2, 0.25) is 23.5 Å². The van der Waals surface area contributed by atoms with Crippen LogP contribution < -0.4 is 37.7 Å². The zero-order valence-corrected chi connectivity index (χ0v) is 64.8. The Bertz CT molecular complexity index is 2180. The van der Waals surface area contributed by atoms with Gasteiger partial charge in [0.25, 0.3) is 0 Å². The second kappa shape index (κ2) is 49.7. The minimum absolute atomic E-state index is 0. The van der Waals surface area contributed by atoms with Gasteiger partial charge in [0, 0.05) is 85.6 Å². The van der Waals surface area contributed by atoms with Crippen LogP contribution in [0.5, 0.6) is 23.5 Å². The molecular weight excluding hydrogens is 2170 g/mol. The number of nitrogens with zero attached hydrogens (tertiary/aromatic N) is 4. The van der Waals surface area contributed by atoms with Crippen LogP contribution in [0.1, 0.15) is 70.5 Å². The second-order valence-electron chi connectivity index (χ2n) is 13.2. The summed E-state index contributed by atoms with van der Waals surface area (Å²) in [5.74, 6) is 1.23. The van der Waals surface area contributed by atoms with Gasteiger partial charge in [-0.3, -0.25) is 4.79 Å². The summed E-state index contributed by atoms with van der Waals surface area (Å²) in [6, 6.07) is 8.70. The van der Waals surface area contributed by atoms with E-state index in [2.05, 4.69) is 241 Å². The molecule has 1 saturated heterocycles. The van der Waals surface area contributed by atoms with Crippen molar-refractivity contribution >= 4 is 264 Å².